The predicted octanol–water partition coefficient (Wildman–Crippen LogP) is 1.23. The molecular weight excluding hydrogens is 309 g/mol. The van der Waals surface area contributed by atoms with E-state index in [0.717, 1.165) is 0 Å². The van der Waals surface area contributed by atoms with E-state index in [1.165, 1.54) is 31.2 Å². The van der Waals surface area contributed by atoms with Crippen molar-refractivity contribution in [2.75, 3.05) is 18.9 Å². The summed E-state index contributed by atoms with van der Waals surface area (Å²) in [6.45, 7) is 3.20. The summed E-state index contributed by atoms with van der Waals surface area (Å²) in [6.07, 6.45) is 0. The van der Waals surface area contributed by atoms with Gasteiger partial charge in [-0.2, -0.15) is 0 Å². The quantitative estimate of drug-likeness (QED) is 0.793. The number of ether oxygens (including phenoxy) is 1. The number of carbonyl (C=O) groups is 1. The fourth-order valence-corrected chi connectivity index (χ4v) is 5.16. The van der Waals surface area contributed by atoms with Crippen LogP contribution in [0.3, 0.4) is 0 Å². The van der Waals surface area contributed by atoms with E-state index in [1.807, 2.05) is 0 Å². The molecule has 0 bridgehead atoms. The van der Waals surface area contributed by atoms with E-state index in [9.17, 15) is 17.6 Å². The van der Waals surface area contributed by atoms with Crippen molar-refractivity contribution < 1.29 is 22.3 Å². The lowest BCUT2D eigenvalue weighted by molar-refractivity contribution is -0.149. The number of esters is 1. The summed E-state index contributed by atoms with van der Waals surface area (Å²) >= 11 is 0. The standard InChI is InChI=1S/C15H20FNO4S/c1-3-21-14(18)15(9-17)12(13(15)22(19,20)4-2)10-5-7-11(16)8-6-10/h5-8,12-13H,3-4,9,17H2,1-2H3/t12-,13-,15+/m0/s1. The molecule has 2 N–H and O–H groups in total. The minimum atomic E-state index is -3.49. The van der Waals surface area contributed by atoms with Crippen molar-refractivity contribution in [3.63, 3.8) is 0 Å². The first kappa shape index (κ1) is 16.9. The zero-order valence-electron chi connectivity index (χ0n) is 12.6. The molecule has 1 aromatic rings. The van der Waals surface area contributed by atoms with Crippen molar-refractivity contribution in [1.29, 1.82) is 0 Å². The Hall–Kier alpha value is -1.47. The molecule has 0 unspecified atom stereocenters. The van der Waals surface area contributed by atoms with Gasteiger partial charge in [0.15, 0.2) is 9.84 Å². The summed E-state index contributed by atoms with van der Waals surface area (Å²) in [6, 6.07) is 5.48. The van der Waals surface area contributed by atoms with Gasteiger partial charge in [-0.05, 0) is 24.6 Å². The Kier molecular flexibility index (Phi) is 4.58. The first-order valence-corrected chi connectivity index (χ1v) is 8.91. The Labute approximate surface area is 129 Å². The van der Waals surface area contributed by atoms with Crippen molar-refractivity contribution in [3.05, 3.63) is 35.6 Å². The molecule has 0 amide bonds. The van der Waals surface area contributed by atoms with E-state index >= 15 is 0 Å². The van der Waals surface area contributed by atoms with E-state index in [0.29, 0.717) is 5.56 Å². The number of nitrogens with two attached hydrogens (primary N) is 1. The van der Waals surface area contributed by atoms with Crippen LogP contribution in [-0.4, -0.2) is 38.5 Å². The predicted molar refractivity (Wildman–Crippen MR) is 80.5 cm³/mol. The molecule has 7 heteroatoms. The van der Waals surface area contributed by atoms with Crippen LogP contribution in [0.5, 0.6) is 0 Å². The van der Waals surface area contributed by atoms with Crippen molar-refractivity contribution in [3.8, 4) is 0 Å². The number of sulfone groups is 1. The summed E-state index contributed by atoms with van der Waals surface area (Å²) in [5, 5.41) is -0.917. The maximum Gasteiger partial charge on any atom is 0.315 e. The number of carbonyl (C=O) groups excluding carboxylic acids is 1. The van der Waals surface area contributed by atoms with Crippen LogP contribution in [0, 0.1) is 11.2 Å². The molecule has 0 radical (unpaired) electrons. The van der Waals surface area contributed by atoms with Gasteiger partial charge in [0.25, 0.3) is 0 Å². The Balaban J connectivity index is 2.49. The molecule has 122 valence electrons. The number of hydrogen-bond acceptors (Lipinski definition) is 5. The van der Waals surface area contributed by atoms with Gasteiger partial charge in [0.2, 0.25) is 0 Å². The number of rotatable bonds is 6. The van der Waals surface area contributed by atoms with Crippen molar-refractivity contribution in [2.45, 2.75) is 25.0 Å². The van der Waals surface area contributed by atoms with Gasteiger partial charge in [-0.3, -0.25) is 4.79 Å². The molecule has 0 heterocycles. The van der Waals surface area contributed by atoms with E-state index in [4.69, 9.17) is 10.5 Å². The minimum absolute atomic E-state index is 0.0868. The molecule has 5 nitrogen and oxygen atoms in total. The zero-order valence-corrected chi connectivity index (χ0v) is 13.4. The van der Waals surface area contributed by atoms with Gasteiger partial charge < -0.3 is 10.5 Å². The third kappa shape index (κ3) is 2.52. The fourth-order valence-electron chi connectivity index (χ4n) is 3.09. The highest BCUT2D eigenvalue weighted by atomic mass is 32.2. The molecule has 0 spiro atoms. The highest BCUT2D eigenvalue weighted by Crippen LogP contribution is 2.63. The van der Waals surface area contributed by atoms with Gasteiger partial charge in [-0.25, -0.2) is 12.8 Å². The molecule has 0 aromatic heterocycles. The number of hydrogen-bond donors (Lipinski definition) is 1. The molecular formula is C15H20FNO4S. The van der Waals surface area contributed by atoms with Crippen LogP contribution in [0.25, 0.3) is 0 Å². The highest BCUT2D eigenvalue weighted by Gasteiger charge is 2.74. The van der Waals surface area contributed by atoms with Gasteiger partial charge in [-0.15, -0.1) is 0 Å². The molecule has 2 rings (SSSR count). The Morgan fingerprint density at radius 1 is 1.32 bits per heavy atom. The van der Waals surface area contributed by atoms with Crippen LogP contribution in [0.1, 0.15) is 25.3 Å². The molecule has 1 saturated carbocycles. The molecule has 1 aliphatic rings. The SMILES string of the molecule is CCOC(=O)[C@]1(CN)[C@@H](c2ccc(F)cc2)[C@@H]1S(=O)(=O)CC. The Morgan fingerprint density at radius 2 is 1.91 bits per heavy atom. The maximum atomic E-state index is 13.1. The van der Waals surface area contributed by atoms with Gasteiger partial charge in [0, 0.05) is 18.2 Å². The van der Waals surface area contributed by atoms with Crippen molar-refractivity contribution >= 4 is 15.8 Å². The number of halogens is 1. The second kappa shape index (κ2) is 5.96. The van der Waals surface area contributed by atoms with E-state index in [-0.39, 0.29) is 18.9 Å². The van der Waals surface area contributed by atoms with Crippen LogP contribution in [0.4, 0.5) is 4.39 Å². The van der Waals surface area contributed by atoms with Crippen LogP contribution >= 0.6 is 0 Å². The second-order valence-electron chi connectivity index (χ2n) is 5.37. The first-order valence-electron chi connectivity index (χ1n) is 7.19. The van der Waals surface area contributed by atoms with Crippen molar-refractivity contribution in [1.82, 2.24) is 0 Å². The normalized spacial score (nSPS) is 27.5. The summed E-state index contributed by atoms with van der Waals surface area (Å²) < 4.78 is 42.9. The second-order valence-corrected chi connectivity index (χ2v) is 7.78. The van der Waals surface area contributed by atoms with Gasteiger partial charge in [0.05, 0.1) is 11.9 Å². The van der Waals surface area contributed by atoms with Crippen LogP contribution in [0.2, 0.25) is 0 Å². The maximum absolute atomic E-state index is 13.1. The first-order chi connectivity index (χ1) is 10.3. The molecule has 1 aromatic carbocycles. The molecule has 3 atom stereocenters. The zero-order chi connectivity index (χ0) is 16.5. The van der Waals surface area contributed by atoms with Crippen molar-refractivity contribution in [2.24, 2.45) is 11.1 Å². The highest BCUT2D eigenvalue weighted by molar-refractivity contribution is 7.92. The van der Waals surface area contributed by atoms with Crippen LogP contribution in [-0.2, 0) is 19.4 Å². The lowest BCUT2D eigenvalue weighted by atomic mass is 9.99. The Bertz CT molecular complexity index is 659. The summed E-state index contributed by atoms with van der Waals surface area (Å²) in [5.41, 5.74) is 5.07. The smallest absolute Gasteiger partial charge is 0.315 e. The largest absolute Gasteiger partial charge is 0.465 e. The minimum Gasteiger partial charge on any atom is -0.465 e. The average molecular weight is 329 g/mol. The number of benzene rings is 1. The van der Waals surface area contributed by atoms with E-state index in [1.54, 1.807) is 6.92 Å². The van der Waals surface area contributed by atoms with Crippen LogP contribution < -0.4 is 5.73 Å². The topological polar surface area (TPSA) is 86.5 Å². The Morgan fingerprint density at radius 3 is 2.36 bits per heavy atom. The monoisotopic (exact) mass is 329 g/mol. The summed E-state index contributed by atoms with van der Waals surface area (Å²) in [4.78, 5) is 12.3. The lowest BCUT2D eigenvalue weighted by Crippen LogP contribution is -2.34. The van der Waals surface area contributed by atoms with E-state index < -0.39 is 38.2 Å². The molecule has 0 aliphatic heterocycles. The molecule has 1 fully saturated rings. The third-order valence-corrected chi connectivity index (χ3v) is 6.54. The fraction of sp³-hybridized carbons (Fsp3) is 0.533. The van der Waals surface area contributed by atoms with E-state index in [2.05, 4.69) is 0 Å². The third-order valence-electron chi connectivity index (χ3n) is 4.27. The lowest BCUT2D eigenvalue weighted by Gasteiger charge is -2.14. The van der Waals surface area contributed by atoms with Crippen LogP contribution in [0.15, 0.2) is 24.3 Å². The molecule has 0 saturated heterocycles. The average Bonchev–Trinajstić information content (AvgIpc) is 3.20. The van der Waals surface area contributed by atoms with Gasteiger partial charge in [0.1, 0.15) is 11.2 Å². The molecule has 1 aliphatic carbocycles. The van der Waals surface area contributed by atoms with Gasteiger partial charge in [-0.1, -0.05) is 19.1 Å². The van der Waals surface area contributed by atoms with Gasteiger partial charge >= 0.3 is 5.97 Å². The summed E-state index contributed by atoms with van der Waals surface area (Å²) in [5.74, 6) is -1.71. The summed E-state index contributed by atoms with van der Waals surface area (Å²) in [7, 11) is -3.49. The molecule has 22 heavy (non-hydrogen) atoms.